The monoisotopic (exact) mass is 472 g/mol. The molecule has 1 aliphatic rings. The summed E-state index contributed by atoms with van der Waals surface area (Å²) in [5.74, 6) is 2.36. The molecule has 0 amide bonds. The standard InChI is InChI=1S/C27H25ClN4S/c1-17(2)14-20-10-8-19(9-11-20)12-13-21-15-23-26(22-6-4-5-7-24(22)28)29-16-25-31-30-18(3)32(25)27(23)33-21/h4-13,15,17H,14,16H2,1-3H3/b13-12-. The lowest BCUT2D eigenvalue weighted by Crippen LogP contribution is -2.05. The van der Waals surface area contributed by atoms with E-state index in [4.69, 9.17) is 16.6 Å². The summed E-state index contributed by atoms with van der Waals surface area (Å²) in [6.07, 6.45) is 5.43. The van der Waals surface area contributed by atoms with Crippen molar-refractivity contribution in [2.45, 2.75) is 33.7 Å². The van der Waals surface area contributed by atoms with Crippen molar-refractivity contribution in [2.75, 3.05) is 0 Å². The first kappa shape index (κ1) is 21.8. The highest BCUT2D eigenvalue weighted by atomic mass is 35.5. The summed E-state index contributed by atoms with van der Waals surface area (Å²) in [4.78, 5) is 6.05. The highest BCUT2D eigenvalue weighted by Crippen LogP contribution is 2.35. The van der Waals surface area contributed by atoms with E-state index < -0.39 is 0 Å². The molecule has 0 unspecified atom stereocenters. The Labute approximate surface area is 203 Å². The number of hydrogen-bond donors (Lipinski definition) is 0. The molecule has 166 valence electrons. The van der Waals surface area contributed by atoms with Gasteiger partial charge in [-0.25, -0.2) is 0 Å². The van der Waals surface area contributed by atoms with Gasteiger partial charge in [-0.15, -0.1) is 21.5 Å². The minimum Gasteiger partial charge on any atom is -0.276 e. The second-order valence-electron chi connectivity index (χ2n) is 8.68. The van der Waals surface area contributed by atoms with Crippen LogP contribution in [-0.2, 0) is 13.0 Å². The van der Waals surface area contributed by atoms with Gasteiger partial charge in [-0.2, -0.15) is 0 Å². The second kappa shape index (κ2) is 9.08. The third-order valence-corrected chi connectivity index (χ3v) is 7.07. The lowest BCUT2D eigenvalue weighted by atomic mass is 10.0. The summed E-state index contributed by atoms with van der Waals surface area (Å²) in [5.41, 5.74) is 5.45. The van der Waals surface area contributed by atoms with E-state index in [1.54, 1.807) is 11.3 Å². The molecule has 2 aromatic heterocycles. The molecule has 4 nitrogen and oxygen atoms in total. The van der Waals surface area contributed by atoms with Gasteiger partial charge in [-0.05, 0) is 48.6 Å². The van der Waals surface area contributed by atoms with Gasteiger partial charge >= 0.3 is 0 Å². The van der Waals surface area contributed by atoms with Crippen molar-refractivity contribution < 1.29 is 0 Å². The summed E-state index contributed by atoms with van der Waals surface area (Å²) in [6.45, 7) is 6.95. The number of halogens is 1. The average Bonchev–Trinajstić information content (AvgIpc) is 3.33. The fourth-order valence-corrected chi connectivity index (χ4v) is 5.48. The van der Waals surface area contributed by atoms with Crippen molar-refractivity contribution >= 4 is 40.8 Å². The van der Waals surface area contributed by atoms with Crippen molar-refractivity contribution in [1.82, 2.24) is 14.8 Å². The molecule has 3 heterocycles. The van der Waals surface area contributed by atoms with Crippen LogP contribution in [0.3, 0.4) is 0 Å². The van der Waals surface area contributed by atoms with Crippen LogP contribution < -0.4 is 0 Å². The van der Waals surface area contributed by atoms with Crippen LogP contribution in [0.4, 0.5) is 0 Å². The fourth-order valence-electron chi connectivity index (χ4n) is 4.12. The fraction of sp³-hybridized carbons (Fsp3) is 0.222. The van der Waals surface area contributed by atoms with E-state index in [0.717, 1.165) is 44.8 Å². The molecule has 0 fully saturated rings. The Kier molecular flexibility index (Phi) is 6.00. The molecular formula is C27H25ClN4S. The Bertz CT molecular complexity index is 1360. The van der Waals surface area contributed by atoms with E-state index in [-0.39, 0.29) is 0 Å². The molecular weight excluding hydrogens is 448 g/mol. The third-order valence-electron chi connectivity index (χ3n) is 5.65. The largest absolute Gasteiger partial charge is 0.276 e. The Balaban J connectivity index is 1.54. The van der Waals surface area contributed by atoms with Gasteiger partial charge in [-0.3, -0.25) is 9.56 Å². The number of aliphatic imine (C=N–C) groups is 1. The van der Waals surface area contributed by atoms with E-state index in [9.17, 15) is 0 Å². The molecule has 0 saturated carbocycles. The van der Waals surface area contributed by atoms with Gasteiger partial charge in [0.05, 0.1) is 5.71 Å². The van der Waals surface area contributed by atoms with Crippen molar-refractivity contribution in [3.63, 3.8) is 0 Å². The molecule has 0 bridgehead atoms. The van der Waals surface area contributed by atoms with Gasteiger partial charge in [0.2, 0.25) is 0 Å². The first-order valence-electron chi connectivity index (χ1n) is 11.1. The minimum absolute atomic E-state index is 0.469. The molecule has 0 aliphatic carbocycles. The van der Waals surface area contributed by atoms with E-state index in [1.165, 1.54) is 11.1 Å². The Morgan fingerprint density at radius 2 is 1.82 bits per heavy atom. The van der Waals surface area contributed by atoms with E-state index in [2.05, 4.69) is 71.1 Å². The smallest absolute Gasteiger partial charge is 0.160 e. The number of fused-ring (bicyclic) bond motifs is 3. The highest BCUT2D eigenvalue weighted by molar-refractivity contribution is 7.16. The maximum Gasteiger partial charge on any atom is 0.160 e. The molecule has 33 heavy (non-hydrogen) atoms. The van der Waals surface area contributed by atoms with Gasteiger partial charge in [0, 0.05) is 21.0 Å². The zero-order chi connectivity index (χ0) is 22.9. The predicted molar refractivity (Wildman–Crippen MR) is 139 cm³/mol. The van der Waals surface area contributed by atoms with Crippen LogP contribution in [0.15, 0.2) is 59.6 Å². The van der Waals surface area contributed by atoms with Crippen LogP contribution in [0.1, 0.15) is 52.6 Å². The quantitative estimate of drug-likeness (QED) is 0.313. The topological polar surface area (TPSA) is 43.1 Å². The lowest BCUT2D eigenvalue weighted by molar-refractivity contribution is 0.647. The summed E-state index contributed by atoms with van der Waals surface area (Å²) in [5, 5.41) is 10.4. The van der Waals surface area contributed by atoms with Crippen LogP contribution in [0.2, 0.25) is 5.02 Å². The van der Waals surface area contributed by atoms with E-state index in [0.29, 0.717) is 17.5 Å². The Morgan fingerprint density at radius 3 is 2.58 bits per heavy atom. The number of aryl methyl sites for hydroxylation is 1. The molecule has 1 aliphatic heterocycles. The Morgan fingerprint density at radius 1 is 1.03 bits per heavy atom. The zero-order valence-electron chi connectivity index (χ0n) is 18.9. The molecule has 6 heteroatoms. The van der Waals surface area contributed by atoms with Crippen LogP contribution in [-0.4, -0.2) is 20.5 Å². The number of hydrogen-bond acceptors (Lipinski definition) is 4. The number of benzene rings is 2. The van der Waals surface area contributed by atoms with Gasteiger partial charge in [0.1, 0.15) is 17.4 Å². The van der Waals surface area contributed by atoms with E-state index in [1.807, 2.05) is 31.2 Å². The molecule has 5 rings (SSSR count). The van der Waals surface area contributed by atoms with Gasteiger partial charge in [0.15, 0.2) is 5.82 Å². The summed E-state index contributed by atoms with van der Waals surface area (Å²) < 4.78 is 2.12. The van der Waals surface area contributed by atoms with Crippen molar-refractivity contribution in [2.24, 2.45) is 10.9 Å². The van der Waals surface area contributed by atoms with Crippen molar-refractivity contribution in [3.05, 3.63) is 98.4 Å². The zero-order valence-corrected chi connectivity index (χ0v) is 20.5. The molecule has 0 N–H and O–H groups in total. The Hall–Kier alpha value is -3.02. The normalized spacial score (nSPS) is 13.2. The van der Waals surface area contributed by atoms with Gasteiger partial charge < -0.3 is 0 Å². The van der Waals surface area contributed by atoms with Crippen LogP contribution in [0, 0.1) is 12.8 Å². The summed E-state index contributed by atoms with van der Waals surface area (Å²) >= 11 is 8.28. The third kappa shape index (κ3) is 4.43. The van der Waals surface area contributed by atoms with Crippen molar-refractivity contribution in [1.29, 1.82) is 0 Å². The first-order valence-corrected chi connectivity index (χ1v) is 12.3. The second-order valence-corrected chi connectivity index (χ2v) is 10.2. The predicted octanol–water partition coefficient (Wildman–Crippen LogP) is 7.01. The number of nitrogens with zero attached hydrogens (tertiary/aromatic N) is 4. The number of aromatic nitrogens is 3. The summed E-state index contributed by atoms with van der Waals surface area (Å²) in [7, 11) is 0. The molecule has 0 saturated heterocycles. The average molecular weight is 473 g/mol. The lowest BCUT2D eigenvalue weighted by Gasteiger charge is -2.08. The van der Waals surface area contributed by atoms with Crippen molar-refractivity contribution in [3.8, 4) is 5.00 Å². The number of rotatable bonds is 5. The number of thiophene rings is 1. The molecule has 0 spiro atoms. The SMILES string of the molecule is Cc1nnc2n1-c1sc(/C=C\c3ccc(CC(C)C)cc3)cc1C(c1ccccc1Cl)=NC2. The van der Waals surface area contributed by atoms with Crippen LogP contribution >= 0.6 is 22.9 Å². The molecule has 2 aromatic carbocycles. The minimum atomic E-state index is 0.469. The van der Waals surface area contributed by atoms with Crippen LogP contribution in [0.5, 0.6) is 0 Å². The summed E-state index contributed by atoms with van der Waals surface area (Å²) in [6, 6.07) is 18.9. The highest BCUT2D eigenvalue weighted by Gasteiger charge is 2.25. The van der Waals surface area contributed by atoms with Gasteiger partial charge in [0.25, 0.3) is 0 Å². The van der Waals surface area contributed by atoms with Crippen LogP contribution in [0.25, 0.3) is 17.2 Å². The molecule has 4 aromatic rings. The van der Waals surface area contributed by atoms with Gasteiger partial charge in [-0.1, -0.05) is 74.0 Å². The van der Waals surface area contributed by atoms with E-state index >= 15 is 0 Å². The first-order chi connectivity index (χ1) is 16.0. The molecule has 0 radical (unpaired) electrons. The maximum absolute atomic E-state index is 6.56. The maximum atomic E-state index is 6.56. The molecule has 0 atom stereocenters.